The molecule has 6 rings (SSSR count). The maximum atomic E-state index is 12.2. The molecule has 0 bridgehead atoms. The van der Waals surface area contributed by atoms with E-state index < -0.39 is 25.3 Å². The Morgan fingerprint density at radius 3 is 1.00 bits per heavy atom. The summed E-state index contributed by atoms with van der Waals surface area (Å²) in [6.45, 7) is 23.4. The SMILES string of the molecule is CC.CC.CC.CC.CC.CCC(N)C1CC[C@@H](N)[C@@H](OC)O1.CO[C@H]1OC(C(C)N)CC[C@H]1N.CO[C@H]1OC(C(N)CF)CC[C@H]1N.CO[C@H]1OC(C(N)CO)CC[C@H]1N.CO[C@H]1OC(C2(N)CC2)CC[C@H]1N. The summed E-state index contributed by atoms with van der Waals surface area (Å²) in [4.78, 5) is 0. The highest BCUT2D eigenvalue weighted by molar-refractivity contribution is 5.06. The van der Waals surface area contributed by atoms with Gasteiger partial charge >= 0.3 is 0 Å². The Kier molecular flexibility index (Phi) is 51.7. The number of ether oxygens (including phenoxy) is 10. The second-order valence-electron chi connectivity index (χ2n) is 17.9. The highest BCUT2D eigenvalue weighted by atomic mass is 19.1. The predicted molar refractivity (Wildman–Crippen MR) is 298 cm³/mol. The van der Waals surface area contributed by atoms with Crippen LogP contribution in [0.2, 0.25) is 0 Å². The summed E-state index contributed by atoms with van der Waals surface area (Å²) in [5, 5.41) is 8.83. The van der Waals surface area contributed by atoms with E-state index in [1.807, 2.05) is 76.2 Å². The average Bonchev–Trinajstić information content (AvgIpc) is 4.21. The Balaban J connectivity index is -0.000000396. The van der Waals surface area contributed by atoms with E-state index in [1.165, 1.54) is 7.11 Å². The van der Waals surface area contributed by atoms with Gasteiger partial charge in [-0.15, -0.1) is 0 Å². The summed E-state index contributed by atoms with van der Waals surface area (Å²) < 4.78 is 65.4. The number of alkyl halides is 1. The molecule has 0 aromatic heterocycles. The van der Waals surface area contributed by atoms with Crippen molar-refractivity contribution in [2.24, 2.45) is 57.3 Å². The largest absolute Gasteiger partial charge is 0.395 e. The monoisotopic (exact) mass is 1080 g/mol. The van der Waals surface area contributed by atoms with Crippen molar-refractivity contribution in [3.63, 3.8) is 0 Å². The third-order valence-electron chi connectivity index (χ3n) is 12.7. The standard InChI is InChI=1S/C9H18N2O2.C9H20N2O2.C8H17FN2O2.C8H18N2O3.C8H18N2O2.5C2H6/c1-12-8-6(10)2-3-7(13-8)9(11)4-5-9;1-3-6(10)8-5-4-7(11)9(12-2)13-8;1-12-8-5(10)2-3-7(13-8)6(11)4-9;1-12-8-5(9)2-3-7(13-8)6(10)4-11;1-5(9)7-4-3-6(10)8(11-2)12-7;5*1-2/h6-8H,2-5,10-11H2,1H3;6-9H,3-5,10-11H2,1-2H3;5-8H,2-4,10-11H2,1H3;5-8,11H,2-4,9-10H2,1H3;5-8H,3-4,9-10H2,1-2H3;5*1-2H3/t6-,7?,8+;6?,7-,8?,9+;2*5-,6?,7?,8+;5?,6-,7?,8+;;;;;/m11111...../s1. The average molecular weight is 1080 g/mol. The van der Waals surface area contributed by atoms with E-state index in [4.69, 9.17) is 110 Å². The van der Waals surface area contributed by atoms with Gasteiger partial charge in [0.15, 0.2) is 31.5 Å². The molecule has 22 heteroatoms. The first-order valence-electron chi connectivity index (χ1n) is 28.0. The van der Waals surface area contributed by atoms with Crippen molar-refractivity contribution < 1.29 is 56.9 Å². The zero-order valence-corrected chi connectivity index (χ0v) is 49.8. The first kappa shape index (κ1) is 79.6. The van der Waals surface area contributed by atoms with Crippen LogP contribution in [0.25, 0.3) is 0 Å². The number of aliphatic hydroxyl groups excluding tert-OH is 1. The van der Waals surface area contributed by atoms with Crippen LogP contribution >= 0.6 is 0 Å². The fourth-order valence-electron chi connectivity index (χ4n) is 8.00. The topological polar surface area (TPSA) is 373 Å². The van der Waals surface area contributed by atoms with Gasteiger partial charge in [-0.05, 0) is 90.4 Å². The van der Waals surface area contributed by atoms with Gasteiger partial charge in [-0.25, -0.2) is 4.39 Å². The van der Waals surface area contributed by atoms with Crippen molar-refractivity contribution in [2.45, 2.75) is 288 Å². The molecule has 9 unspecified atom stereocenters. The lowest BCUT2D eigenvalue weighted by molar-refractivity contribution is -0.196. The van der Waals surface area contributed by atoms with Crippen LogP contribution in [0, 0.1) is 0 Å². The summed E-state index contributed by atoms with van der Waals surface area (Å²) in [5.74, 6) is 0. The van der Waals surface area contributed by atoms with Crippen LogP contribution in [-0.4, -0.2) is 176 Å². The third-order valence-corrected chi connectivity index (χ3v) is 12.7. The van der Waals surface area contributed by atoms with Crippen LogP contribution in [0.5, 0.6) is 0 Å². The number of rotatable bonds is 13. The third kappa shape index (κ3) is 30.5. The number of aliphatic hydroxyl groups is 1. The van der Waals surface area contributed by atoms with Gasteiger partial charge in [0.2, 0.25) is 0 Å². The van der Waals surface area contributed by atoms with E-state index >= 15 is 0 Å². The van der Waals surface area contributed by atoms with Gasteiger partial charge in [-0.3, -0.25) is 0 Å². The molecule has 5 aliphatic heterocycles. The molecular weight excluding hydrogens is 960 g/mol. The van der Waals surface area contributed by atoms with Crippen LogP contribution in [0.4, 0.5) is 4.39 Å². The van der Waals surface area contributed by atoms with Crippen molar-refractivity contribution in [3.05, 3.63) is 0 Å². The molecule has 0 spiro atoms. The van der Waals surface area contributed by atoms with Gasteiger partial charge in [0.05, 0.1) is 79.4 Å². The summed E-state index contributed by atoms with van der Waals surface area (Å²) in [6.07, 6.45) is 10.0. The van der Waals surface area contributed by atoms with Crippen LogP contribution in [0.15, 0.2) is 0 Å². The highest BCUT2D eigenvalue weighted by Crippen LogP contribution is 2.41. The quantitative estimate of drug-likeness (QED) is 0.125. The van der Waals surface area contributed by atoms with Crippen LogP contribution in [0.1, 0.15) is 167 Å². The fourth-order valence-corrected chi connectivity index (χ4v) is 8.00. The molecule has 1 aliphatic carbocycles. The number of hydrogen-bond acceptors (Lipinski definition) is 21. The summed E-state index contributed by atoms with van der Waals surface area (Å²) in [6, 6.07) is -0.991. The Bertz CT molecular complexity index is 1140. The van der Waals surface area contributed by atoms with Gasteiger partial charge < -0.3 is 110 Å². The normalized spacial score (nSPS) is 34.1. The first-order valence-corrected chi connectivity index (χ1v) is 28.0. The van der Waals surface area contributed by atoms with Crippen LogP contribution < -0.4 is 57.3 Å². The van der Waals surface area contributed by atoms with Crippen molar-refractivity contribution in [1.29, 1.82) is 0 Å². The molecule has 5 heterocycles. The lowest BCUT2D eigenvalue weighted by Gasteiger charge is -2.36. The Morgan fingerprint density at radius 2 is 0.730 bits per heavy atom. The van der Waals surface area contributed by atoms with E-state index in [9.17, 15) is 4.39 Å². The zero-order valence-electron chi connectivity index (χ0n) is 49.8. The molecule has 74 heavy (non-hydrogen) atoms. The highest BCUT2D eigenvalue weighted by Gasteiger charge is 2.49. The summed E-state index contributed by atoms with van der Waals surface area (Å²) in [5.41, 5.74) is 57.6. The molecule has 6 aliphatic rings. The molecule has 0 aromatic rings. The molecule has 5 saturated heterocycles. The Morgan fingerprint density at radius 1 is 0.459 bits per heavy atom. The fraction of sp³-hybridized carbons (Fsp3) is 1.00. The molecule has 0 aromatic carbocycles. The maximum Gasteiger partial charge on any atom is 0.172 e. The van der Waals surface area contributed by atoms with Gasteiger partial charge in [0, 0.05) is 53.2 Å². The van der Waals surface area contributed by atoms with E-state index in [0.717, 1.165) is 77.0 Å². The molecule has 452 valence electrons. The number of nitrogens with two attached hydrogens (primary N) is 10. The van der Waals surface area contributed by atoms with Crippen molar-refractivity contribution in [1.82, 2.24) is 0 Å². The molecule has 21 nitrogen and oxygen atoms in total. The zero-order chi connectivity index (χ0) is 58.1. The molecule has 0 radical (unpaired) electrons. The maximum absolute atomic E-state index is 12.2. The lowest BCUT2D eigenvalue weighted by Crippen LogP contribution is -2.51. The second-order valence-corrected chi connectivity index (χ2v) is 17.9. The smallest absolute Gasteiger partial charge is 0.172 e. The summed E-state index contributed by atoms with van der Waals surface area (Å²) in [7, 11) is 7.92. The lowest BCUT2D eigenvalue weighted by atomic mass is 9.98. The van der Waals surface area contributed by atoms with Gasteiger partial charge in [0.1, 0.15) is 6.67 Å². The minimum absolute atomic E-state index is 0.00333. The molecule has 1 saturated carbocycles. The predicted octanol–water partition coefficient (Wildman–Crippen LogP) is 3.65. The van der Waals surface area contributed by atoms with Crippen LogP contribution in [0.3, 0.4) is 0 Å². The molecule has 6 fully saturated rings. The number of hydrogen-bond donors (Lipinski definition) is 11. The first-order chi connectivity index (χ1) is 35.4. The Hall–Kier alpha value is -0.910. The van der Waals surface area contributed by atoms with Crippen LogP contribution in [-0.2, 0) is 47.4 Å². The minimum Gasteiger partial charge on any atom is -0.395 e. The van der Waals surface area contributed by atoms with Gasteiger partial charge in [-0.2, -0.15) is 0 Å². The Labute approximate surface area is 450 Å². The minimum atomic E-state index is -0.573. The second kappa shape index (κ2) is 48.0. The van der Waals surface area contributed by atoms with E-state index in [2.05, 4.69) is 6.92 Å². The molecular formula is C52H121FN10O11. The van der Waals surface area contributed by atoms with Gasteiger partial charge in [0.25, 0.3) is 0 Å². The van der Waals surface area contributed by atoms with Crippen molar-refractivity contribution >= 4 is 0 Å². The molecule has 19 atom stereocenters. The van der Waals surface area contributed by atoms with Crippen molar-refractivity contribution in [2.75, 3.05) is 48.8 Å². The number of methoxy groups -OCH3 is 5. The van der Waals surface area contributed by atoms with Crippen molar-refractivity contribution in [3.8, 4) is 0 Å². The van der Waals surface area contributed by atoms with E-state index in [1.54, 1.807) is 28.4 Å². The molecule has 0 amide bonds. The molecule has 21 N–H and O–H groups in total. The van der Waals surface area contributed by atoms with E-state index in [-0.39, 0.29) is 110 Å². The number of halogens is 1. The summed E-state index contributed by atoms with van der Waals surface area (Å²) >= 11 is 0. The van der Waals surface area contributed by atoms with E-state index in [0.29, 0.717) is 6.42 Å². The van der Waals surface area contributed by atoms with Gasteiger partial charge in [-0.1, -0.05) is 76.2 Å².